The number of nitrogens with one attached hydrogen (secondary N) is 3. The average molecular weight is 494 g/mol. The minimum atomic E-state index is -3.72. The molecular formula is C25H23N3O4S2. The Kier molecular flexibility index (Phi) is 7.06. The molecule has 9 heteroatoms. The Morgan fingerprint density at radius 2 is 1.59 bits per heavy atom. The number of rotatable bonds is 8. The van der Waals surface area contributed by atoms with E-state index in [1.54, 1.807) is 35.6 Å². The summed E-state index contributed by atoms with van der Waals surface area (Å²) in [5, 5.41) is 8.72. The second kappa shape index (κ2) is 10.2. The SMILES string of the molecule is CC(=O)Nc1ccc(S(=O)(=O)NCc2ccc(C(=O)NCc3csc4ccccc34)cc2)cc1. The van der Waals surface area contributed by atoms with Crippen LogP contribution in [0.1, 0.15) is 28.4 Å². The van der Waals surface area contributed by atoms with Crippen LogP contribution in [0.15, 0.2) is 83.1 Å². The molecule has 0 fully saturated rings. The Labute approximate surface area is 201 Å². The van der Waals surface area contributed by atoms with E-state index in [9.17, 15) is 18.0 Å². The summed E-state index contributed by atoms with van der Waals surface area (Å²) in [6, 6.07) is 20.8. The molecule has 3 aromatic carbocycles. The van der Waals surface area contributed by atoms with Gasteiger partial charge < -0.3 is 10.6 Å². The third-order valence-corrected chi connectivity index (χ3v) is 7.60. The van der Waals surface area contributed by atoms with Gasteiger partial charge in [-0.1, -0.05) is 30.3 Å². The Morgan fingerprint density at radius 3 is 2.29 bits per heavy atom. The molecule has 7 nitrogen and oxygen atoms in total. The van der Waals surface area contributed by atoms with Gasteiger partial charge in [-0.15, -0.1) is 11.3 Å². The molecule has 0 aliphatic rings. The van der Waals surface area contributed by atoms with Crippen molar-refractivity contribution in [1.82, 2.24) is 10.0 Å². The normalized spacial score (nSPS) is 11.3. The Hall–Kier alpha value is -3.53. The molecular weight excluding hydrogens is 470 g/mol. The van der Waals surface area contributed by atoms with Crippen LogP contribution in [0.4, 0.5) is 5.69 Å². The molecule has 0 bridgehead atoms. The van der Waals surface area contributed by atoms with Crippen LogP contribution < -0.4 is 15.4 Å². The predicted octanol–water partition coefficient (Wildman–Crippen LogP) is 4.27. The lowest BCUT2D eigenvalue weighted by Gasteiger charge is -2.09. The molecule has 1 heterocycles. The number of carbonyl (C=O) groups is 2. The highest BCUT2D eigenvalue weighted by atomic mass is 32.2. The third-order valence-electron chi connectivity index (χ3n) is 5.17. The van der Waals surface area contributed by atoms with E-state index in [4.69, 9.17) is 0 Å². The maximum absolute atomic E-state index is 12.5. The fourth-order valence-electron chi connectivity index (χ4n) is 3.40. The van der Waals surface area contributed by atoms with E-state index in [1.807, 2.05) is 23.6 Å². The molecule has 3 N–H and O–H groups in total. The van der Waals surface area contributed by atoms with Crippen LogP contribution in [0.5, 0.6) is 0 Å². The lowest BCUT2D eigenvalue weighted by Crippen LogP contribution is -2.24. The maximum Gasteiger partial charge on any atom is 0.251 e. The molecule has 34 heavy (non-hydrogen) atoms. The summed E-state index contributed by atoms with van der Waals surface area (Å²) in [5.74, 6) is -0.424. The quantitative estimate of drug-likeness (QED) is 0.341. The van der Waals surface area contributed by atoms with Gasteiger partial charge >= 0.3 is 0 Å². The largest absolute Gasteiger partial charge is 0.348 e. The minimum Gasteiger partial charge on any atom is -0.348 e. The Bertz CT molecular complexity index is 1430. The summed E-state index contributed by atoms with van der Waals surface area (Å²) in [6.45, 7) is 1.90. The second-order valence-corrected chi connectivity index (χ2v) is 10.3. The van der Waals surface area contributed by atoms with Crippen molar-refractivity contribution in [3.63, 3.8) is 0 Å². The number of carbonyl (C=O) groups excluding carboxylic acids is 2. The molecule has 1 aromatic heterocycles. The standard InChI is InChI=1S/C25H23N3O4S2/c1-17(29)28-21-10-12-22(13-11-21)34(31,32)27-14-18-6-8-19(9-7-18)25(30)26-15-20-16-33-24-5-3-2-4-23(20)24/h2-13,16,27H,14-15H2,1H3,(H,26,30)(H,28,29). The predicted molar refractivity (Wildman–Crippen MR) is 134 cm³/mol. The lowest BCUT2D eigenvalue weighted by molar-refractivity contribution is -0.114. The van der Waals surface area contributed by atoms with Gasteiger partial charge in [-0.25, -0.2) is 13.1 Å². The molecule has 4 aromatic rings. The first-order chi connectivity index (χ1) is 16.3. The van der Waals surface area contributed by atoms with Crippen molar-refractivity contribution in [2.24, 2.45) is 0 Å². The average Bonchev–Trinajstić information content (AvgIpc) is 3.25. The highest BCUT2D eigenvalue weighted by Crippen LogP contribution is 2.25. The van der Waals surface area contributed by atoms with Crippen molar-refractivity contribution in [3.05, 3.63) is 94.9 Å². The first kappa shape index (κ1) is 23.6. The van der Waals surface area contributed by atoms with Gasteiger partial charge in [0.1, 0.15) is 0 Å². The Balaban J connectivity index is 1.33. The van der Waals surface area contributed by atoms with Crippen molar-refractivity contribution in [2.45, 2.75) is 24.9 Å². The molecule has 4 rings (SSSR count). The van der Waals surface area contributed by atoms with Crippen LogP contribution in [0.3, 0.4) is 0 Å². The zero-order chi connectivity index (χ0) is 24.1. The number of amides is 2. The van der Waals surface area contributed by atoms with Gasteiger partial charge in [-0.3, -0.25) is 9.59 Å². The summed E-state index contributed by atoms with van der Waals surface area (Å²) in [4.78, 5) is 23.7. The van der Waals surface area contributed by atoms with E-state index < -0.39 is 10.0 Å². The van der Waals surface area contributed by atoms with Crippen molar-refractivity contribution in [3.8, 4) is 0 Å². The molecule has 2 amide bonds. The topological polar surface area (TPSA) is 104 Å². The first-order valence-electron chi connectivity index (χ1n) is 10.5. The maximum atomic E-state index is 12.5. The first-order valence-corrected chi connectivity index (χ1v) is 12.9. The number of hydrogen-bond donors (Lipinski definition) is 3. The fraction of sp³-hybridized carbons (Fsp3) is 0.120. The van der Waals surface area contributed by atoms with Crippen molar-refractivity contribution in [2.75, 3.05) is 5.32 Å². The fourth-order valence-corrected chi connectivity index (χ4v) is 5.38. The van der Waals surface area contributed by atoms with Crippen molar-refractivity contribution in [1.29, 1.82) is 0 Å². The van der Waals surface area contributed by atoms with Crippen LogP contribution in [-0.4, -0.2) is 20.2 Å². The van der Waals surface area contributed by atoms with E-state index in [0.717, 1.165) is 16.5 Å². The van der Waals surface area contributed by atoms with Crippen molar-refractivity contribution < 1.29 is 18.0 Å². The smallest absolute Gasteiger partial charge is 0.251 e. The van der Waals surface area contributed by atoms with Gasteiger partial charge in [-0.05, 0) is 64.4 Å². The molecule has 0 aliphatic carbocycles. The summed E-state index contributed by atoms with van der Waals surface area (Å²) >= 11 is 1.65. The molecule has 0 atom stereocenters. The van der Waals surface area contributed by atoms with Crippen LogP contribution in [0.2, 0.25) is 0 Å². The number of benzene rings is 3. The summed E-state index contributed by atoms with van der Waals surface area (Å²) in [6.07, 6.45) is 0. The molecule has 0 saturated carbocycles. The highest BCUT2D eigenvalue weighted by Gasteiger charge is 2.14. The van der Waals surface area contributed by atoms with Gasteiger partial charge in [0, 0.05) is 36.0 Å². The summed E-state index contributed by atoms with van der Waals surface area (Å²) < 4.78 is 28.8. The van der Waals surface area contributed by atoms with Crippen LogP contribution in [0.25, 0.3) is 10.1 Å². The number of anilines is 1. The minimum absolute atomic E-state index is 0.0819. The van der Waals surface area contributed by atoms with Gasteiger partial charge in [0.05, 0.1) is 4.90 Å². The highest BCUT2D eigenvalue weighted by molar-refractivity contribution is 7.89. The number of fused-ring (bicyclic) bond motifs is 1. The third kappa shape index (κ3) is 5.69. The van der Waals surface area contributed by atoms with Crippen LogP contribution in [0, 0.1) is 0 Å². The number of sulfonamides is 1. The molecule has 174 valence electrons. The van der Waals surface area contributed by atoms with E-state index in [0.29, 0.717) is 17.8 Å². The number of hydrogen-bond acceptors (Lipinski definition) is 5. The monoisotopic (exact) mass is 493 g/mol. The molecule has 0 aliphatic heterocycles. The summed E-state index contributed by atoms with van der Waals surface area (Å²) in [5.41, 5.74) is 2.82. The second-order valence-electron chi connectivity index (χ2n) is 7.67. The van der Waals surface area contributed by atoms with E-state index >= 15 is 0 Å². The van der Waals surface area contributed by atoms with Crippen molar-refractivity contribution >= 4 is 48.9 Å². The molecule has 0 radical (unpaired) electrons. The van der Waals surface area contributed by atoms with Crippen LogP contribution >= 0.6 is 11.3 Å². The lowest BCUT2D eigenvalue weighted by atomic mass is 10.1. The zero-order valence-corrected chi connectivity index (χ0v) is 20.0. The van der Waals surface area contributed by atoms with Crippen LogP contribution in [-0.2, 0) is 27.9 Å². The van der Waals surface area contributed by atoms with Gasteiger partial charge in [0.15, 0.2) is 0 Å². The van der Waals surface area contributed by atoms with Gasteiger partial charge in [0.25, 0.3) is 5.91 Å². The zero-order valence-electron chi connectivity index (χ0n) is 18.4. The van der Waals surface area contributed by atoms with E-state index in [1.165, 1.54) is 35.9 Å². The molecule has 0 unspecified atom stereocenters. The van der Waals surface area contributed by atoms with Gasteiger partial charge in [-0.2, -0.15) is 0 Å². The van der Waals surface area contributed by atoms with E-state index in [-0.39, 0.29) is 23.3 Å². The molecule has 0 spiro atoms. The van der Waals surface area contributed by atoms with E-state index in [2.05, 4.69) is 21.4 Å². The summed E-state index contributed by atoms with van der Waals surface area (Å²) in [7, 11) is -3.72. The number of thiophene rings is 1. The molecule has 0 saturated heterocycles. The Morgan fingerprint density at radius 1 is 0.882 bits per heavy atom. The van der Waals surface area contributed by atoms with Gasteiger partial charge in [0.2, 0.25) is 15.9 Å².